The predicted octanol–water partition coefficient (Wildman–Crippen LogP) is -0.726. The summed E-state index contributed by atoms with van der Waals surface area (Å²) in [5.41, 5.74) is 5.27. The second-order valence-corrected chi connectivity index (χ2v) is 9.44. The minimum Gasteiger partial charge on any atom is -0.384 e. The number of hydrogen-bond acceptors (Lipinski definition) is 11. The summed E-state index contributed by atoms with van der Waals surface area (Å²) >= 11 is 0. The third-order valence-corrected chi connectivity index (χ3v) is 5.33. The topological polar surface area (TPSA) is 187 Å². The smallest absolute Gasteiger partial charge is 0.333 e. The maximum Gasteiger partial charge on any atom is 0.333 e. The number of anilines is 1. The molecule has 0 spiro atoms. The summed E-state index contributed by atoms with van der Waals surface area (Å²) in [4.78, 5) is 8.24. The van der Waals surface area contributed by atoms with Gasteiger partial charge in [-0.3, -0.25) is 4.18 Å². The van der Waals surface area contributed by atoms with Crippen molar-refractivity contribution in [3.63, 3.8) is 0 Å². The van der Waals surface area contributed by atoms with E-state index in [2.05, 4.69) is 15.1 Å². The van der Waals surface area contributed by atoms with Crippen LogP contribution in [0.1, 0.15) is 39.6 Å². The summed E-state index contributed by atoms with van der Waals surface area (Å²) in [7, 11) is -4.18. The zero-order valence-corrected chi connectivity index (χ0v) is 17.7. The van der Waals surface area contributed by atoms with Gasteiger partial charge >= 0.3 is 10.3 Å². The zero-order valence-electron chi connectivity index (χ0n) is 16.8. The van der Waals surface area contributed by atoms with Crippen molar-refractivity contribution in [3.05, 3.63) is 12.0 Å². The molecule has 2 aromatic heterocycles. The molecule has 5 N–H and O–H groups in total. The van der Waals surface area contributed by atoms with E-state index in [1.165, 1.54) is 11.0 Å². The third-order valence-electron chi connectivity index (χ3n) is 4.86. The molecule has 0 aliphatic carbocycles. The Morgan fingerprint density at radius 3 is 2.60 bits per heavy atom. The highest BCUT2D eigenvalue weighted by atomic mass is 32.2. The SMILES string of the molecule is CC1(C)O[C@@H]2[C@H](O1)[C@@H](COS(N)(=O)=O)O[C@H]2n1nc(C(C)(C)O)c2c(N)ncnc21. The van der Waals surface area contributed by atoms with Crippen molar-refractivity contribution in [2.45, 2.75) is 63.6 Å². The van der Waals surface area contributed by atoms with Crippen molar-refractivity contribution in [2.24, 2.45) is 5.14 Å². The molecular weight excluding hydrogens is 420 g/mol. The van der Waals surface area contributed by atoms with Gasteiger partial charge in [-0.15, -0.1) is 0 Å². The van der Waals surface area contributed by atoms with E-state index >= 15 is 0 Å². The molecule has 4 heterocycles. The van der Waals surface area contributed by atoms with Crippen molar-refractivity contribution in [2.75, 3.05) is 12.3 Å². The van der Waals surface area contributed by atoms with Gasteiger partial charge < -0.3 is 25.1 Å². The maximum absolute atomic E-state index is 11.2. The molecule has 14 heteroatoms. The van der Waals surface area contributed by atoms with Crippen molar-refractivity contribution in [3.8, 4) is 0 Å². The Balaban J connectivity index is 1.78. The summed E-state index contributed by atoms with van der Waals surface area (Å²) in [6, 6.07) is 0. The first-order valence-corrected chi connectivity index (χ1v) is 10.6. The molecule has 0 saturated carbocycles. The normalized spacial score (nSPS) is 28.9. The quantitative estimate of drug-likeness (QED) is 0.527. The predicted molar refractivity (Wildman–Crippen MR) is 102 cm³/mol. The van der Waals surface area contributed by atoms with Crippen LogP contribution in [0.2, 0.25) is 0 Å². The van der Waals surface area contributed by atoms with E-state index in [1.54, 1.807) is 27.7 Å². The largest absolute Gasteiger partial charge is 0.384 e. The molecule has 0 radical (unpaired) electrons. The van der Waals surface area contributed by atoms with E-state index in [0.29, 0.717) is 11.0 Å². The average Bonchev–Trinajstić information content (AvgIpc) is 3.21. The van der Waals surface area contributed by atoms with Gasteiger partial charge in [-0.25, -0.2) is 19.8 Å². The van der Waals surface area contributed by atoms with Crippen LogP contribution in [-0.4, -0.2) is 64.0 Å². The average molecular weight is 444 g/mol. The number of nitrogen functional groups attached to an aromatic ring is 1. The lowest BCUT2D eigenvalue weighted by atomic mass is 10.0. The van der Waals surface area contributed by atoms with Gasteiger partial charge in [0.2, 0.25) is 0 Å². The van der Waals surface area contributed by atoms with Crippen LogP contribution in [0.25, 0.3) is 11.0 Å². The van der Waals surface area contributed by atoms with Crippen LogP contribution in [0.3, 0.4) is 0 Å². The van der Waals surface area contributed by atoms with Crippen LogP contribution in [0, 0.1) is 0 Å². The number of hydrogen-bond donors (Lipinski definition) is 3. The molecule has 2 aliphatic rings. The lowest BCUT2D eigenvalue weighted by Gasteiger charge is -2.24. The molecule has 0 amide bonds. The summed E-state index contributed by atoms with van der Waals surface area (Å²) in [6.45, 7) is 6.20. The molecular formula is C16H24N6O7S. The van der Waals surface area contributed by atoms with Gasteiger partial charge in [0.05, 0.1) is 12.0 Å². The molecule has 4 rings (SSSR count). The van der Waals surface area contributed by atoms with Gasteiger partial charge in [0.25, 0.3) is 0 Å². The van der Waals surface area contributed by atoms with Crippen LogP contribution < -0.4 is 10.9 Å². The zero-order chi connectivity index (χ0) is 22.1. The van der Waals surface area contributed by atoms with E-state index in [9.17, 15) is 13.5 Å². The molecule has 2 aliphatic heterocycles. The highest BCUT2D eigenvalue weighted by Gasteiger charge is 2.57. The molecule has 0 aromatic carbocycles. The fourth-order valence-electron chi connectivity index (χ4n) is 3.75. The van der Waals surface area contributed by atoms with E-state index < -0.39 is 46.2 Å². The molecule has 30 heavy (non-hydrogen) atoms. The molecule has 13 nitrogen and oxygen atoms in total. The third kappa shape index (κ3) is 3.75. The summed E-state index contributed by atoms with van der Waals surface area (Å²) in [5.74, 6) is -0.802. The van der Waals surface area contributed by atoms with Gasteiger partial charge in [-0.2, -0.15) is 13.5 Å². The molecule has 0 unspecified atom stereocenters. The van der Waals surface area contributed by atoms with Gasteiger partial charge in [-0.1, -0.05) is 0 Å². The number of aliphatic hydroxyl groups is 1. The molecule has 0 bridgehead atoms. The molecule has 2 fully saturated rings. The van der Waals surface area contributed by atoms with E-state index in [1.807, 2.05) is 0 Å². The fourth-order valence-corrected chi connectivity index (χ4v) is 4.08. The molecule has 2 saturated heterocycles. The van der Waals surface area contributed by atoms with Crippen LogP contribution in [0.4, 0.5) is 5.82 Å². The molecule has 2 aromatic rings. The fraction of sp³-hybridized carbons (Fsp3) is 0.688. The summed E-state index contributed by atoms with van der Waals surface area (Å²) in [5, 5.41) is 20.4. The van der Waals surface area contributed by atoms with Crippen LogP contribution in [0.15, 0.2) is 6.33 Å². The number of nitrogens with two attached hydrogens (primary N) is 2. The Hall–Kier alpha value is -1.94. The lowest BCUT2D eigenvalue weighted by Crippen LogP contribution is -2.34. The van der Waals surface area contributed by atoms with Crippen molar-refractivity contribution < 1.29 is 31.9 Å². The number of ether oxygens (including phenoxy) is 3. The minimum absolute atomic E-state index is 0.149. The molecule has 166 valence electrons. The highest BCUT2D eigenvalue weighted by Crippen LogP contribution is 2.44. The van der Waals surface area contributed by atoms with E-state index in [4.69, 9.17) is 29.3 Å². The Kier molecular flexibility index (Phi) is 4.81. The first-order chi connectivity index (χ1) is 13.8. The summed E-state index contributed by atoms with van der Waals surface area (Å²) in [6.07, 6.45) is -1.73. The number of fused-ring (bicyclic) bond motifs is 2. The van der Waals surface area contributed by atoms with Crippen molar-refractivity contribution >= 4 is 27.2 Å². The Labute approximate surface area is 172 Å². The minimum atomic E-state index is -4.18. The van der Waals surface area contributed by atoms with Gasteiger partial charge in [0, 0.05) is 0 Å². The Morgan fingerprint density at radius 1 is 1.30 bits per heavy atom. The van der Waals surface area contributed by atoms with E-state index in [-0.39, 0.29) is 18.1 Å². The van der Waals surface area contributed by atoms with E-state index in [0.717, 1.165) is 0 Å². The van der Waals surface area contributed by atoms with Crippen molar-refractivity contribution in [1.29, 1.82) is 0 Å². The highest BCUT2D eigenvalue weighted by molar-refractivity contribution is 7.84. The second kappa shape index (κ2) is 6.78. The molecule has 4 atom stereocenters. The van der Waals surface area contributed by atoms with Crippen LogP contribution in [-0.2, 0) is 34.3 Å². The number of nitrogens with zero attached hydrogens (tertiary/aromatic N) is 4. The van der Waals surface area contributed by atoms with Gasteiger partial charge in [-0.05, 0) is 27.7 Å². The standard InChI is InChI=1S/C16H24N6O7S/c1-15(2,23)11-8-12(17)19-6-20-13(8)22(21-11)14-10-9(28-16(3,4)29-10)7(27-14)5-26-30(18,24)25/h6-7,9-10,14,23H,5H2,1-4H3,(H2,17,19,20)(H2,18,24,25)/t7-,9-,10-,14-/m1/s1. The van der Waals surface area contributed by atoms with Gasteiger partial charge in [0.1, 0.15) is 41.8 Å². The summed E-state index contributed by atoms with van der Waals surface area (Å²) < 4.78 is 46.5. The van der Waals surface area contributed by atoms with Crippen LogP contribution in [0.5, 0.6) is 0 Å². The van der Waals surface area contributed by atoms with Gasteiger partial charge in [0.15, 0.2) is 17.7 Å². The van der Waals surface area contributed by atoms with Crippen molar-refractivity contribution in [1.82, 2.24) is 19.7 Å². The second-order valence-electron chi connectivity index (χ2n) is 8.22. The monoisotopic (exact) mass is 444 g/mol. The lowest BCUT2D eigenvalue weighted by molar-refractivity contribution is -0.200. The number of rotatable bonds is 5. The number of aromatic nitrogens is 4. The maximum atomic E-state index is 11.2. The Morgan fingerprint density at radius 2 is 1.97 bits per heavy atom. The van der Waals surface area contributed by atoms with Crippen LogP contribution >= 0.6 is 0 Å². The first kappa shape index (κ1) is 21.3. The Bertz CT molecular complexity index is 1080. The first-order valence-electron chi connectivity index (χ1n) is 9.16.